The van der Waals surface area contributed by atoms with Gasteiger partial charge in [0.15, 0.2) is 5.69 Å². The van der Waals surface area contributed by atoms with Crippen molar-refractivity contribution < 1.29 is 9.90 Å². The van der Waals surface area contributed by atoms with E-state index in [2.05, 4.69) is 61.2 Å². The highest BCUT2D eigenvalue weighted by Gasteiger charge is 2.27. The minimum Gasteiger partial charge on any atom is -0.476 e. The van der Waals surface area contributed by atoms with Gasteiger partial charge in [0.2, 0.25) is 5.13 Å². The highest BCUT2D eigenvalue weighted by molar-refractivity contribution is 8.01. The van der Waals surface area contributed by atoms with Gasteiger partial charge < -0.3 is 5.11 Å². The van der Waals surface area contributed by atoms with Gasteiger partial charge in [-0.2, -0.15) is 14.9 Å². The lowest BCUT2D eigenvalue weighted by atomic mass is 10.1. The van der Waals surface area contributed by atoms with E-state index >= 15 is 0 Å². The molecule has 0 unspecified atom stereocenters. The Bertz CT molecular complexity index is 1260. The fraction of sp³-hybridized carbons (Fsp3) is 0.273. The molecule has 3 heterocycles. The second-order valence-corrected chi connectivity index (χ2v) is 10.4. The zero-order chi connectivity index (χ0) is 22.3. The van der Waals surface area contributed by atoms with Crippen molar-refractivity contribution in [1.29, 1.82) is 0 Å². The smallest absolute Gasteiger partial charge is 0.355 e. The number of aryl methyl sites for hydroxylation is 3. The molecule has 160 valence electrons. The van der Waals surface area contributed by atoms with Gasteiger partial charge in [-0.15, -0.1) is 11.8 Å². The van der Waals surface area contributed by atoms with Crippen molar-refractivity contribution >= 4 is 29.1 Å². The summed E-state index contributed by atoms with van der Waals surface area (Å²) < 4.78 is 2.49. The number of rotatable bonds is 6. The van der Waals surface area contributed by atoms with Crippen molar-refractivity contribution in [2.75, 3.05) is 0 Å². The van der Waals surface area contributed by atoms with Crippen LogP contribution < -0.4 is 0 Å². The third kappa shape index (κ3) is 4.03. The minimum atomic E-state index is -1.06. The van der Waals surface area contributed by atoms with Crippen LogP contribution in [0.1, 0.15) is 41.2 Å². The molecule has 0 saturated heterocycles. The lowest BCUT2D eigenvalue weighted by Crippen LogP contribution is -2.08. The molecule has 1 aromatic carbocycles. The van der Waals surface area contributed by atoms with Crippen LogP contribution in [0.15, 0.2) is 34.8 Å². The van der Waals surface area contributed by atoms with E-state index in [0.29, 0.717) is 27.2 Å². The number of carboxylic acids is 1. The summed E-state index contributed by atoms with van der Waals surface area (Å²) in [5.74, 6) is -1.06. The standard InChI is InChI=1S/C22H23N5O2S2/c1-11(2)30-21-18(15-7-6-12(3)13(4)8-15)25-22(31-21)27-19(20(28)29)17(14(5)26-27)16-9-23-24-10-16/h6-11H,1-5H3,(H,23,24)(H,28,29). The predicted octanol–water partition coefficient (Wildman–Crippen LogP) is 5.51. The van der Waals surface area contributed by atoms with Crippen molar-refractivity contribution in [2.24, 2.45) is 0 Å². The summed E-state index contributed by atoms with van der Waals surface area (Å²) in [5, 5.41) is 22.1. The molecule has 0 aliphatic heterocycles. The Labute approximate surface area is 188 Å². The van der Waals surface area contributed by atoms with Gasteiger partial charge in [0.1, 0.15) is 0 Å². The number of aromatic carboxylic acids is 1. The van der Waals surface area contributed by atoms with Gasteiger partial charge in [-0.05, 0) is 38.0 Å². The normalized spacial score (nSPS) is 11.4. The number of hydrogen-bond donors (Lipinski definition) is 2. The molecule has 0 aliphatic rings. The molecule has 0 atom stereocenters. The van der Waals surface area contributed by atoms with Gasteiger partial charge in [0.05, 0.1) is 21.8 Å². The second kappa shape index (κ2) is 8.32. The molecule has 9 heteroatoms. The van der Waals surface area contributed by atoms with Gasteiger partial charge >= 0.3 is 5.97 Å². The Balaban J connectivity index is 1.91. The Morgan fingerprint density at radius 1 is 1.19 bits per heavy atom. The third-order valence-electron chi connectivity index (χ3n) is 4.94. The van der Waals surface area contributed by atoms with Crippen molar-refractivity contribution in [3.63, 3.8) is 0 Å². The number of hydrogen-bond acceptors (Lipinski definition) is 6. The molecule has 0 aliphatic carbocycles. The van der Waals surface area contributed by atoms with E-state index in [9.17, 15) is 9.90 Å². The maximum atomic E-state index is 12.2. The van der Waals surface area contributed by atoms with E-state index in [1.807, 2.05) is 0 Å². The molecule has 0 amide bonds. The van der Waals surface area contributed by atoms with Gasteiger partial charge in [0.25, 0.3) is 0 Å². The summed E-state index contributed by atoms with van der Waals surface area (Å²) >= 11 is 3.18. The Morgan fingerprint density at radius 3 is 2.58 bits per heavy atom. The number of thiazole rings is 1. The zero-order valence-electron chi connectivity index (χ0n) is 17.9. The summed E-state index contributed by atoms with van der Waals surface area (Å²) in [6.45, 7) is 10.2. The van der Waals surface area contributed by atoms with Gasteiger partial charge in [-0.1, -0.05) is 37.3 Å². The predicted molar refractivity (Wildman–Crippen MR) is 124 cm³/mol. The molecule has 4 aromatic rings. The molecule has 3 aromatic heterocycles. The van der Waals surface area contributed by atoms with E-state index in [1.54, 1.807) is 31.1 Å². The fourth-order valence-electron chi connectivity index (χ4n) is 3.35. The quantitative estimate of drug-likeness (QED) is 0.374. The average Bonchev–Trinajstić information content (AvgIpc) is 3.41. The number of nitrogens with one attached hydrogen (secondary N) is 1. The first-order valence-electron chi connectivity index (χ1n) is 9.83. The third-order valence-corrected chi connectivity index (χ3v) is 7.18. The Hall–Kier alpha value is -2.91. The number of thioether (sulfide) groups is 1. The maximum absolute atomic E-state index is 12.2. The van der Waals surface area contributed by atoms with Crippen LogP contribution in [0, 0.1) is 20.8 Å². The summed E-state index contributed by atoms with van der Waals surface area (Å²) in [6, 6.07) is 6.28. The summed E-state index contributed by atoms with van der Waals surface area (Å²) in [5.41, 5.74) is 6.21. The summed E-state index contributed by atoms with van der Waals surface area (Å²) in [7, 11) is 0. The summed E-state index contributed by atoms with van der Waals surface area (Å²) in [6.07, 6.45) is 3.27. The number of H-pyrrole nitrogens is 1. The van der Waals surface area contributed by atoms with Gasteiger partial charge in [-0.3, -0.25) is 5.10 Å². The fourth-order valence-corrected chi connectivity index (χ4v) is 5.83. The monoisotopic (exact) mass is 453 g/mol. The number of nitrogens with zero attached hydrogens (tertiary/aromatic N) is 4. The Morgan fingerprint density at radius 2 is 1.97 bits per heavy atom. The van der Waals surface area contributed by atoms with Crippen LogP contribution in [-0.2, 0) is 0 Å². The van der Waals surface area contributed by atoms with Crippen molar-refractivity contribution in [2.45, 2.75) is 44.1 Å². The van der Waals surface area contributed by atoms with E-state index in [4.69, 9.17) is 4.98 Å². The highest BCUT2D eigenvalue weighted by atomic mass is 32.2. The van der Waals surface area contributed by atoms with Gasteiger partial charge in [0, 0.05) is 28.1 Å². The van der Waals surface area contributed by atoms with Gasteiger partial charge in [-0.25, -0.2) is 9.78 Å². The summed E-state index contributed by atoms with van der Waals surface area (Å²) in [4.78, 5) is 17.1. The second-order valence-electron chi connectivity index (χ2n) is 7.61. The van der Waals surface area contributed by atoms with Crippen LogP contribution in [0.5, 0.6) is 0 Å². The molecule has 0 spiro atoms. The van der Waals surface area contributed by atoms with Crippen LogP contribution in [0.4, 0.5) is 0 Å². The number of benzene rings is 1. The van der Waals surface area contributed by atoms with E-state index in [0.717, 1.165) is 15.5 Å². The zero-order valence-corrected chi connectivity index (χ0v) is 19.6. The molecule has 0 bridgehead atoms. The number of carboxylic acid groups (broad SMARTS) is 1. The van der Waals surface area contributed by atoms with Crippen LogP contribution in [-0.4, -0.2) is 41.3 Å². The van der Waals surface area contributed by atoms with E-state index < -0.39 is 5.97 Å². The van der Waals surface area contributed by atoms with E-state index in [-0.39, 0.29) is 5.69 Å². The molecule has 31 heavy (non-hydrogen) atoms. The first kappa shape index (κ1) is 21.3. The molecule has 2 N–H and O–H groups in total. The lowest BCUT2D eigenvalue weighted by molar-refractivity contribution is 0.0688. The molecular formula is C22H23N5O2S2. The Kier molecular flexibility index (Phi) is 5.72. The van der Waals surface area contributed by atoms with Crippen molar-refractivity contribution in [3.8, 4) is 27.5 Å². The molecule has 0 fully saturated rings. The maximum Gasteiger partial charge on any atom is 0.355 e. The van der Waals surface area contributed by atoms with Crippen LogP contribution in [0.3, 0.4) is 0 Å². The van der Waals surface area contributed by atoms with Crippen LogP contribution in [0.2, 0.25) is 0 Å². The number of aromatic amines is 1. The molecular weight excluding hydrogens is 430 g/mol. The molecule has 0 radical (unpaired) electrons. The molecule has 4 rings (SSSR count). The SMILES string of the molecule is Cc1ccc(-c2nc(-n3nc(C)c(-c4cn[nH]c4)c3C(=O)O)sc2SC(C)C)cc1C. The first-order valence-corrected chi connectivity index (χ1v) is 11.5. The largest absolute Gasteiger partial charge is 0.476 e. The molecule has 7 nitrogen and oxygen atoms in total. The number of carbonyl (C=O) groups is 1. The number of aromatic nitrogens is 5. The average molecular weight is 454 g/mol. The van der Waals surface area contributed by atoms with Crippen LogP contribution >= 0.6 is 23.1 Å². The van der Waals surface area contributed by atoms with Crippen LogP contribution in [0.25, 0.3) is 27.5 Å². The first-order chi connectivity index (χ1) is 14.8. The van der Waals surface area contributed by atoms with Crippen molar-refractivity contribution in [3.05, 3.63) is 53.1 Å². The van der Waals surface area contributed by atoms with E-state index in [1.165, 1.54) is 27.1 Å². The molecule has 0 saturated carbocycles. The topological polar surface area (TPSA) is 96.7 Å². The highest BCUT2D eigenvalue weighted by Crippen LogP contribution is 2.41. The lowest BCUT2D eigenvalue weighted by Gasteiger charge is -2.07. The minimum absolute atomic E-state index is 0.0837. The van der Waals surface area contributed by atoms with Crippen molar-refractivity contribution in [1.82, 2.24) is 25.0 Å².